The third-order valence-electron chi connectivity index (χ3n) is 3.68. The molecule has 1 aromatic heterocycles. The van der Waals surface area contributed by atoms with Gasteiger partial charge >= 0.3 is 0 Å². The maximum absolute atomic E-state index is 12.0. The highest BCUT2D eigenvalue weighted by Gasteiger charge is 2.15. The van der Waals surface area contributed by atoms with Gasteiger partial charge in [-0.25, -0.2) is 4.98 Å². The lowest BCUT2D eigenvalue weighted by Crippen LogP contribution is -2.42. The molecule has 0 fully saturated rings. The monoisotopic (exact) mass is 386 g/mol. The molecule has 0 radical (unpaired) electrons. The fraction of sp³-hybridized carbons (Fsp3) is 0.444. The number of hydrogen-bond acceptors (Lipinski definition) is 3. The Balaban J connectivity index is 0.00000288. The highest BCUT2D eigenvalue weighted by Crippen LogP contribution is 2.05. The number of nitrogens with two attached hydrogens (primary N) is 1. The van der Waals surface area contributed by atoms with Crippen molar-refractivity contribution < 1.29 is 4.79 Å². The van der Waals surface area contributed by atoms with Gasteiger partial charge in [0.15, 0.2) is 0 Å². The Hall–Kier alpha value is -1.56. The first-order valence-electron chi connectivity index (χ1n) is 8.12. The lowest BCUT2D eigenvalue weighted by atomic mass is 10.1. The van der Waals surface area contributed by atoms with Crippen LogP contribution in [0.15, 0.2) is 42.9 Å². The van der Waals surface area contributed by atoms with Crippen LogP contribution in [0.25, 0.3) is 0 Å². The first-order valence-corrected chi connectivity index (χ1v) is 8.12. The van der Waals surface area contributed by atoms with Crippen LogP contribution in [0, 0.1) is 5.92 Å². The molecule has 2 aromatic rings. The molecule has 1 amide bonds. The Morgan fingerprint density at radius 3 is 2.56 bits per heavy atom. The molecule has 5 nitrogen and oxygen atoms in total. The minimum absolute atomic E-state index is 0. The van der Waals surface area contributed by atoms with Crippen molar-refractivity contribution in [3.05, 3.63) is 54.1 Å². The van der Waals surface area contributed by atoms with E-state index in [0.717, 1.165) is 18.7 Å². The minimum Gasteiger partial charge on any atom is -0.355 e. The average Bonchev–Trinajstić information content (AvgIpc) is 2.94. The van der Waals surface area contributed by atoms with Crippen LogP contribution < -0.4 is 11.1 Å². The second-order valence-corrected chi connectivity index (χ2v) is 6.31. The van der Waals surface area contributed by atoms with Crippen molar-refractivity contribution in [3.8, 4) is 0 Å². The van der Waals surface area contributed by atoms with Crippen LogP contribution in [-0.4, -0.2) is 28.0 Å². The van der Waals surface area contributed by atoms with E-state index in [9.17, 15) is 4.79 Å². The van der Waals surface area contributed by atoms with E-state index in [-0.39, 0.29) is 30.7 Å². The zero-order valence-corrected chi connectivity index (χ0v) is 16.4. The molecule has 25 heavy (non-hydrogen) atoms. The maximum Gasteiger partial charge on any atom is 0.237 e. The first-order chi connectivity index (χ1) is 11.0. The molecule has 0 unspecified atom stereocenters. The molecule has 1 aromatic carbocycles. The van der Waals surface area contributed by atoms with Gasteiger partial charge in [-0.05, 0) is 17.9 Å². The molecule has 140 valence electrons. The molecule has 1 heterocycles. The van der Waals surface area contributed by atoms with Gasteiger partial charge in [-0.15, -0.1) is 24.8 Å². The third kappa shape index (κ3) is 8.38. The Morgan fingerprint density at radius 1 is 1.24 bits per heavy atom. The van der Waals surface area contributed by atoms with Crippen molar-refractivity contribution in [3.63, 3.8) is 0 Å². The molecule has 2 rings (SSSR count). The van der Waals surface area contributed by atoms with Gasteiger partial charge in [-0.1, -0.05) is 44.2 Å². The number of benzene rings is 1. The largest absolute Gasteiger partial charge is 0.355 e. The Morgan fingerprint density at radius 2 is 1.92 bits per heavy atom. The van der Waals surface area contributed by atoms with Gasteiger partial charge in [0.05, 0.1) is 18.1 Å². The topological polar surface area (TPSA) is 72.9 Å². The Bertz CT molecular complexity index is 617. The fourth-order valence-corrected chi connectivity index (χ4v) is 2.33. The van der Waals surface area contributed by atoms with E-state index in [1.807, 2.05) is 29.0 Å². The summed E-state index contributed by atoms with van der Waals surface area (Å²) in [7, 11) is 0. The maximum atomic E-state index is 12.0. The summed E-state index contributed by atoms with van der Waals surface area (Å²) >= 11 is 0. The Kier molecular flexibility index (Phi) is 11.2. The smallest absolute Gasteiger partial charge is 0.237 e. The van der Waals surface area contributed by atoms with Crippen LogP contribution in [-0.2, 0) is 17.8 Å². The second kappa shape index (κ2) is 11.9. The van der Waals surface area contributed by atoms with Crippen molar-refractivity contribution >= 4 is 30.7 Å². The van der Waals surface area contributed by atoms with Crippen molar-refractivity contribution in [1.29, 1.82) is 0 Å². The summed E-state index contributed by atoms with van der Waals surface area (Å²) < 4.78 is 2.01. The molecule has 0 aliphatic heterocycles. The van der Waals surface area contributed by atoms with Crippen LogP contribution in [0.3, 0.4) is 0 Å². The molecule has 0 aliphatic carbocycles. The summed E-state index contributed by atoms with van der Waals surface area (Å²) in [4.78, 5) is 16.3. The molecular formula is C18H28Cl2N4O. The molecule has 0 aliphatic rings. The van der Waals surface area contributed by atoms with Gasteiger partial charge in [-0.3, -0.25) is 4.79 Å². The van der Waals surface area contributed by atoms with Crippen LogP contribution in [0.5, 0.6) is 0 Å². The summed E-state index contributed by atoms with van der Waals surface area (Å²) in [6.07, 6.45) is 5.15. The molecule has 3 N–H and O–H groups in total. The normalized spacial score (nSPS) is 11.4. The van der Waals surface area contributed by atoms with Crippen molar-refractivity contribution in [2.24, 2.45) is 11.7 Å². The lowest BCUT2D eigenvalue weighted by molar-refractivity contribution is -0.122. The minimum atomic E-state index is -0.553. The predicted octanol–water partition coefficient (Wildman–Crippen LogP) is 2.81. The van der Waals surface area contributed by atoms with Crippen molar-refractivity contribution in [2.45, 2.75) is 39.3 Å². The van der Waals surface area contributed by atoms with Crippen LogP contribution in [0.2, 0.25) is 0 Å². The van der Waals surface area contributed by atoms with Gasteiger partial charge < -0.3 is 15.6 Å². The number of amides is 1. The molecule has 0 spiro atoms. The van der Waals surface area contributed by atoms with E-state index in [0.29, 0.717) is 18.9 Å². The van der Waals surface area contributed by atoms with Crippen LogP contribution >= 0.6 is 24.8 Å². The van der Waals surface area contributed by atoms with E-state index in [1.165, 1.54) is 5.56 Å². The standard InChI is InChI=1S/C18H26N4O.2ClH/c1-14(2)8-9-20-18(23)17(19)10-16-12-22(13-21-16)11-15-6-4-3-5-7-15;;/h3-7,12-14,17H,8-11,19H2,1-2H3,(H,20,23);2*1H/t17-;;/m0../s1. The molecule has 0 bridgehead atoms. The number of imidazole rings is 1. The zero-order chi connectivity index (χ0) is 16.7. The van der Waals surface area contributed by atoms with Gasteiger partial charge in [0, 0.05) is 25.7 Å². The van der Waals surface area contributed by atoms with E-state index < -0.39 is 6.04 Å². The van der Waals surface area contributed by atoms with E-state index in [1.54, 1.807) is 6.33 Å². The Labute approximate surface area is 162 Å². The number of carbonyl (C=O) groups excluding carboxylic acids is 1. The van der Waals surface area contributed by atoms with E-state index in [2.05, 4.69) is 36.3 Å². The van der Waals surface area contributed by atoms with Crippen molar-refractivity contribution in [2.75, 3.05) is 6.54 Å². The average molecular weight is 387 g/mol. The first kappa shape index (κ1) is 23.4. The van der Waals surface area contributed by atoms with Gasteiger partial charge in [-0.2, -0.15) is 0 Å². The number of nitrogens with one attached hydrogen (secondary N) is 1. The highest BCUT2D eigenvalue weighted by atomic mass is 35.5. The molecule has 1 atom stereocenters. The number of aromatic nitrogens is 2. The van der Waals surface area contributed by atoms with E-state index in [4.69, 9.17) is 5.73 Å². The van der Waals surface area contributed by atoms with Crippen molar-refractivity contribution in [1.82, 2.24) is 14.9 Å². The van der Waals surface area contributed by atoms with Crippen LogP contribution in [0.1, 0.15) is 31.5 Å². The number of carbonyl (C=O) groups is 1. The molecule has 0 saturated heterocycles. The zero-order valence-electron chi connectivity index (χ0n) is 14.7. The summed E-state index contributed by atoms with van der Waals surface area (Å²) in [5.74, 6) is 0.462. The molecular weight excluding hydrogens is 359 g/mol. The summed E-state index contributed by atoms with van der Waals surface area (Å²) in [5, 5.41) is 2.88. The fourth-order valence-electron chi connectivity index (χ4n) is 2.33. The quantitative estimate of drug-likeness (QED) is 0.732. The summed E-state index contributed by atoms with van der Waals surface area (Å²) in [6.45, 7) is 5.70. The summed E-state index contributed by atoms with van der Waals surface area (Å²) in [6, 6.07) is 9.64. The summed E-state index contributed by atoms with van der Waals surface area (Å²) in [5.41, 5.74) is 8.02. The van der Waals surface area contributed by atoms with Gasteiger partial charge in [0.25, 0.3) is 0 Å². The number of halogens is 2. The molecule has 7 heteroatoms. The second-order valence-electron chi connectivity index (χ2n) is 6.31. The predicted molar refractivity (Wildman–Crippen MR) is 106 cm³/mol. The van der Waals surface area contributed by atoms with Gasteiger partial charge in [0.2, 0.25) is 5.91 Å². The van der Waals surface area contributed by atoms with Gasteiger partial charge in [0.1, 0.15) is 0 Å². The number of nitrogens with zero attached hydrogens (tertiary/aromatic N) is 2. The molecule has 0 saturated carbocycles. The number of hydrogen-bond donors (Lipinski definition) is 2. The lowest BCUT2D eigenvalue weighted by Gasteiger charge is -2.12. The van der Waals surface area contributed by atoms with E-state index >= 15 is 0 Å². The number of rotatable bonds is 8. The highest BCUT2D eigenvalue weighted by molar-refractivity contribution is 5.85. The SMILES string of the molecule is CC(C)CCNC(=O)[C@@H](N)Cc1cn(Cc2ccccc2)cn1.Cl.Cl. The third-order valence-corrected chi connectivity index (χ3v) is 3.68. The van der Waals surface area contributed by atoms with Crippen LogP contribution in [0.4, 0.5) is 0 Å².